The topological polar surface area (TPSA) is 12.0 Å². The second-order valence-corrected chi connectivity index (χ2v) is 5.18. The van der Waals surface area contributed by atoms with Crippen molar-refractivity contribution in [3.63, 3.8) is 0 Å². The zero-order chi connectivity index (χ0) is 12.2. The molecule has 90 valence electrons. The number of nitrogens with one attached hydrogen (secondary N) is 1. The Morgan fingerprint density at radius 1 is 1.31 bits per heavy atom. The number of rotatable bonds is 5. The second-order valence-electron chi connectivity index (χ2n) is 4.39. The highest BCUT2D eigenvalue weighted by Gasteiger charge is 2.17. The van der Waals surface area contributed by atoms with E-state index in [1.165, 1.54) is 6.07 Å². The van der Waals surface area contributed by atoms with Crippen LogP contribution < -0.4 is 5.32 Å². The normalized spacial score (nSPS) is 11.8. The first kappa shape index (κ1) is 13.6. The van der Waals surface area contributed by atoms with Crippen LogP contribution in [0.4, 0.5) is 8.78 Å². The molecule has 1 aromatic carbocycles. The quantitative estimate of drug-likeness (QED) is 0.817. The fourth-order valence-corrected chi connectivity index (χ4v) is 2.34. The number of alkyl halides is 1. The van der Waals surface area contributed by atoms with Crippen molar-refractivity contribution >= 4 is 15.9 Å². The van der Waals surface area contributed by atoms with Gasteiger partial charge in [0.25, 0.3) is 0 Å². The van der Waals surface area contributed by atoms with Gasteiger partial charge in [-0.25, -0.2) is 8.78 Å². The Hall–Kier alpha value is -0.480. The third-order valence-electron chi connectivity index (χ3n) is 2.51. The first-order chi connectivity index (χ1) is 7.46. The fraction of sp³-hybridized carbons (Fsp3) is 0.500. The Bertz CT molecular complexity index is 353. The molecule has 0 radical (unpaired) electrons. The van der Waals surface area contributed by atoms with E-state index in [0.29, 0.717) is 12.1 Å². The number of halogens is 3. The van der Waals surface area contributed by atoms with Crippen LogP contribution in [-0.2, 0) is 6.54 Å². The molecule has 1 aromatic rings. The number of benzene rings is 1. The Morgan fingerprint density at radius 3 is 2.62 bits per heavy atom. The predicted octanol–water partition coefficient (Wildman–Crippen LogP) is 3.62. The van der Waals surface area contributed by atoms with E-state index in [1.54, 1.807) is 6.07 Å². The molecule has 1 N–H and O–H groups in total. The van der Waals surface area contributed by atoms with E-state index in [0.717, 1.165) is 17.8 Å². The van der Waals surface area contributed by atoms with Crippen LogP contribution in [0.3, 0.4) is 0 Å². The molecule has 0 heterocycles. The zero-order valence-electron chi connectivity index (χ0n) is 9.49. The minimum absolute atomic E-state index is 0.0950. The highest BCUT2D eigenvalue weighted by atomic mass is 79.9. The molecular formula is C12H16BrF2N. The molecule has 0 saturated carbocycles. The van der Waals surface area contributed by atoms with Crippen molar-refractivity contribution in [2.75, 3.05) is 5.33 Å². The first-order valence-corrected chi connectivity index (χ1v) is 6.32. The molecule has 0 atom stereocenters. The van der Waals surface area contributed by atoms with Gasteiger partial charge in [-0.15, -0.1) is 0 Å². The van der Waals surface area contributed by atoms with E-state index >= 15 is 0 Å². The average molecular weight is 292 g/mol. The summed E-state index contributed by atoms with van der Waals surface area (Å²) < 4.78 is 26.3. The van der Waals surface area contributed by atoms with E-state index < -0.39 is 11.6 Å². The van der Waals surface area contributed by atoms with Gasteiger partial charge in [0, 0.05) is 23.0 Å². The predicted molar refractivity (Wildman–Crippen MR) is 65.7 cm³/mol. The number of hydrogen-bond acceptors (Lipinski definition) is 1. The standard InChI is InChI=1S/C12H16BrF2N/c1-12(2,6-7-13)16-8-9-4-3-5-10(14)11(9)15/h3-5,16H,6-8H2,1-2H3. The third-order valence-corrected chi connectivity index (χ3v) is 2.90. The minimum atomic E-state index is -0.794. The van der Waals surface area contributed by atoms with Crippen LogP contribution in [0.25, 0.3) is 0 Å². The van der Waals surface area contributed by atoms with Crippen molar-refractivity contribution in [2.24, 2.45) is 0 Å². The number of hydrogen-bond donors (Lipinski definition) is 1. The molecule has 0 fully saturated rings. The van der Waals surface area contributed by atoms with Crippen molar-refractivity contribution in [3.05, 3.63) is 35.4 Å². The Labute approximate surface area is 103 Å². The molecule has 0 aliphatic carbocycles. The summed E-state index contributed by atoms with van der Waals surface area (Å²) in [5.74, 6) is -1.55. The summed E-state index contributed by atoms with van der Waals surface area (Å²) >= 11 is 3.36. The molecule has 0 aliphatic rings. The van der Waals surface area contributed by atoms with E-state index in [4.69, 9.17) is 0 Å². The van der Waals surface area contributed by atoms with Gasteiger partial charge in [0.15, 0.2) is 11.6 Å². The van der Waals surface area contributed by atoms with Gasteiger partial charge in [-0.2, -0.15) is 0 Å². The van der Waals surface area contributed by atoms with Crippen molar-refractivity contribution in [1.82, 2.24) is 5.32 Å². The Balaban J connectivity index is 2.64. The summed E-state index contributed by atoms with van der Waals surface area (Å²) in [6.07, 6.45) is 0.921. The van der Waals surface area contributed by atoms with Gasteiger partial charge in [-0.05, 0) is 26.3 Å². The Morgan fingerprint density at radius 2 is 2.00 bits per heavy atom. The molecule has 1 nitrogen and oxygen atoms in total. The summed E-state index contributed by atoms with van der Waals surface area (Å²) in [6.45, 7) is 4.40. The lowest BCUT2D eigenvalue weighted by Crippen LogP contribution is -2.39. The third kappa shape index (κ3) is 3.83. The molecule has 0 amide bonds. The van der Waals surface area contributed by atoms with Crippen molar-refractivity contribution in [2.45, 2.75) is 32.4 Å². The summed E-state index contributed by atoms with van der Waals surface area (Å²) in [5, 5.41) is 4.08. The molecule has 0 spiro atoms. The van der Waals surface area contributed by atoms with Gasteiger partial charge >= 0.3 is 0 Å². The monoisotopic (exact) mass is 291 g/mol. The SMILES string of the molecule is CC(C)(CCBr)NCc1cccc(F)c1F. The van der Waals surface area contributed by atoms with E-state index in [9.17, 15) is 8.78 Å². The van der Waals surface area contributed by atoms with Crippen LogP contribution in [0.1, 0.15) is 25.8 Å². The average Bonchev–Trinajstić information content (AvgIpc) is 2.20. The van der Waals surface area contributed by atoms with Crippen LogP contribution in [0.15, 0.2) is 18.2 Å². The van der Waals surface area contributed by atoms with E-state index in [1.807, 2.05) is 13.8 Å². The maximum Gasteiger partial charge on any atom is 0.163 e. The zero-order valence-corrected chi connectivity index (χ0v) is 11.1. The van der Waals surface area contributed by atoms with Crippen LogP contribution in [0.2, 0.25) is 0 Å². The summed E-state index contributed by atoms with van der Waals surface area (Å²) in [5.41, 5.74) is 0.269. The van der Waals surface area contributed by atoms with E-state index in [2.05, 4.69) is 21.2 Å². The molecule has 0 aromatic heterocycles. The molecule has 0 bridgehead atoms. The molecule has 4 heteroatoms. The first-order valence-electron chi connectivity index (χ1n) is 5.20. The van der Waals surface area contributed by atoms with Crippen molar-refractivity contribution in [3.8, 4) is 0 Å². The lowest BCUT2D eigenvalue weighted by atomic mass is 10.0. The summed E-state index contributed by atoms with van der Waals surface area (Å²) in [4.78, 5) is 0. The van der Waals surface area contributed by atoms with Gasteiger partial charge in [0.05, 0.1) is 0 Å². The van der Waals surface area contributed by atoms with Crippen LogP contribution in [-0.4, -0.2) is 10.9 Å². The van der Waals surface area contributed by atoms with Crippen molar-refractivity contribution in [1.29, 1.82) is 0 Å². The highest BCUT2D eigenvalue weighted by Crippen LogP contribution is 2.15. The van der Waals surface area contributed by atoms with Crippen LogP contribution >= 0.6 is 15.9 Å². The maximum absolute atomic E-state index is 13.3. The smallest absolute Gasteiger partial charge is 0.163 e. The molecule has 16 heavy (non-hydrogen) atoms. The van der Waals surface area contributed by atoms with Gasteiger partial charge in [-0.1, -0.05) is 28.1 Å². The molecule has 0 saturated heterocycles. The second kappa shape index (κ2) is 5.73. The van der Waals surface area contributed by atoms with E-state index in [-0.39, 0.29) is 5.54 Å². The van der Waals surface area contributed by atoms with Crippen LogP contribution in [0.5, 0.6) is 0 Å². The highest BCUT2D eigenvalue weighted by molar-refractivity contribution is 9.09. The van der Waals surface area contributed by atoms with Gasteiger partial charge in [0.2, 0.25) is 0 Å². The van der Waals surface area contributed by atoms with Gasteiger partial charge in [-0.3, -0.25) is 0 Å². The summed E-state index contributed by atoms with van der Waals surface area (Å²) in [6, 6.07) is 4.24. The van der Waals surface area contributed by atoms with Gasteiger partial charge < -0.3 is 5.32 Å². The molecule has 1 rings (SSSR count). The fourth-order valence-electron chi connectivity index (χ4n) is 1.34. The summed E-state index contributed by atoms with van der Waals surface area (Å²) in [7, 11) is 0. The van der Waals surface area contributed by atoms with Crippen molar-refractivity contribution < 1.29 is 8.78 Å². The molecule has 0 unspecified atom stereocenters. The lowest BCUT2D eigenvalue weighted by Gasteiger charge is -2.25. The van der Waals surface area contributed by atoms with Gasteiger partial charge in [0.1, 0.15) is 0 Å². The largest absolute Gasteiger partial charge is 0.308 e. The molecule has 0 aliphatic heterocycles. The Kier molecular flexibility index (Phi) is 4.87. The maximum atomic E-state index is 13.3. The van der Waals surface area contributed by atoms with Crippen LogP contribution in [0, 0.1) is 11.6 Å². The lowest BCUT2D eigenvalue weighted by molar-refractivity contribution is 0.372. The molecular weight excluding hydrogens is 276 g/mol. The minimum Gasteiger partial charge on any atom is -0.308 e.